The van der Waals surface area contributed by atoms with Crippen LogP contribution in [0.1, 0.15) is 16.7 Å². The summed E-state index contributed by atoms with van der Waals surface area (Å²) in [4.78, 5) is 10.6. The first-order valence-electron chi connectivity index (χ1n) is 6.64. The fraction of sp³-hybridized carbons (Fsp3) is 0.250. The molecule has 0 fully saturated rings. The Kier molecular flexibility index (Phi) is 4.42. The van der Waals surface area contributed by atoms with Gasteiger partial charge in [0.2, 0.25) is 0 Å². The Morgan fingerprint density at radius 2 is 1.86 bits per heavy atom. The van der Waals surface area contributed by atoms with Crippen molar-refractivity contribution in [1.29, 1.82) is 0 Å². The second kappa shape index (κ2) is 6.26. The van der Waals surface area contributed by atoms with Crippen molar-refractivity contribution in [1.82, 2.24) is 0 Å². The summed E-state index contributed by atoms with van der Waals surface area (Å²) in [6.07, 6.45) is 0. The second-order valence-electron chi connectivity index (χ2n) is 4.87. The lowest BCUT2D eigenvalue weighted by Gasteiger charge is -2.12. The molecule has 21 heavy (non-hydrogen) atoms. The van der Waals surface area contributed by atoms with Crippen LogP contribution >= 0.6 is 0 Å². The summed E-state index contributed by atoms with van der Waals surface area (Å²) >= 11 is 0. The number of hydrogen-bond acceptors (Lipinski definition) is 4. The molecule has 0 amide bonds. The summed E-state index contributed by atoms with van der Waals surface area (Å²) in [5, 5.41) is 14.2. The Bertz CT molecular complexity index is 648. The highest BCUT2D eigenvalue weighted by Crippen LogP contribution is 2.30. The molecular formula is C16H18N2O3. The summed E-state index contributed by atoms with van der Waals surface area (Å²) in [5.41, 5.74) is 4.26. The number of methoxy groups -OCH3 is 1. The van der Waals surface area contributed by atoms with E-state index in [4.69, 9.17) is 4.74 Å². The van der Waals surface area contributed by atoms with E-state index in [0.717, 1.165) is 0 Å². The van der Waals surface area contributed by atoms with Gasteiger partial charge in [0.15, 0.2) is 5.75 Å². The van der Waals surface area contributed by atoms with E-state index in [1.807, 2.05) is 6.07 Å². The highest BCUT2D eigenvalue weighted by Gasteiger charge is 2.15. The van der Waals surface area contributed by atoms with Crippen LogP contribution in [-0.4, -0.2) is 12.0 Å². The van der Waals surface area contributed by atoms with Crippen LogP contribution in [0.5, 0.6) is 5.75 Å². The van der Waals surface area contributed by atoms with Crippen molar-refractivity contribution in [2.24, 2.45) is 0 Å². The number of nitrogens with one attached hydrogen (secondary N) is 1. The van der Waals surface area contributed by atoms with Gasteiger partial charge in [-0.25, -0.2) is 0 Å². The molecule has 0 spiro atoms. The van der Waals surface area contributed by atoms with E-state index in [1.54, 1.807) is 12.1 Å². The predicted octanol–water partition coefficient (Wildman–Crippen LogP) is 3.83. The first-order chi connectivity index (χ1) is 10.0. The Balaban J connectivity index is 2.21. The van der Waals surface area contributed by atoms with Crippen molar-refractivity contribution >= 4 is 11.4 Å². The van der Waals surface area contributed by atoms with Crippen LogP contribution in [0.25, 0.3) is 0 Å². The van der Waals surface area contributed by atoms with Crippen molar-refractivity contribution in [2.75, 3.05) is 12.4 Å². The van der Waals surface area contributed by atoms with Crippen LogP contribution in [-0.2, 0) is 6.54 Å². The number of anilines is 1. The molecule has 0 aromatic heterocycles. The lowest BCUT2D eigenvalue weighted by molar-refractivity contribution is -0.385. The average molecular weight is 286 g/mol. The highest BCUT2D eigenvalue weighted by molar-refractivity contribution is 5.58. The maximum absolute atomic E-state index is 11.0. The van der Waals surface area contributed by atoms with Crippen LogP contribution < -0.4 is 10.1 Å². The van der Waals surface area contributed by atoms with E-state index in [2.05, 4.69) is 31.3 Å². The lowest BCUT2D eigenvalue weighted by Crippen LogP contribution is -2.04. The van der Waals surface area contributed by atoms with E-state index in [0.29, 0.717) is 12.2 Å². The van der Waals surface area contributed by atoms with Gasteiger partial charge in [0, 0.05) is 18.3 Å². The largest absolute Gasteiger partial charge is 0.490 e. The van der Waals surface area contributed by atoms with Crippen molar-refractivity contribution in [2.45, 2.75) is 20.4 Å². The molecule has 0 bridgehead atoms. The zero-order valence-corrected chi connectivity index (χ0v) is 12.3. The van der Waals surface area contributed by atoms with Gasteiger partial charge in [0.05, 0.1) is 12.0 Å². The molecule has 2 aromatic carbocycles. The Morgan fingerprint density at radius 1 is 1.19 bits per heavy atom. The third kappa shape index (κ3) is 3.31. The number of aryl methyl sites for hydroxylation is 2. The predicted molar refractivity (Wildman–Crippen MR) is 82.9 cm³/mol. The monoisotopic (exact) mass is 286 g/mol. The molecule has 5 heteroatoms. The molecule has 110 valence electrons. The van der Waals surface area contributed by atoms with E-state index in [1.165, 1.54) is 29.9 Å². The summed E-state index contributed by atoms with van der Waals surface area (Å²) < 4.78 is 4.99. The number of nitro groups is 1. The Hall–Kier alpha value is -2.56. The molecule has 0 atom stereocenters. The first-order valence-corrected chi connectivity index (χ1v) is 6.64. The van der Waals surface area contributed by atoms with E-state index in [9.17, 15) is 10.1 Å². The zero-order chi connectivity index (χ0) is 15.4. The quantitative estimate of drug-likeness (QED) is 0.670. The van der Waals surface area contributed by atoms with E-state index < -0.39 is 4.92 Å². The van der Waals surface area contributed by atoms with Gasteiger partial charge in [-0.05, 0) is 42.7 Å². The van der Waals surface area contributed by atoms with Gasteiger partial charge in [0.25, 0.3) is 0 Å². The summed E-state index contributed by atoms with van der Waals surface area (Å²) in [6, 6.07) is 11.0. The van der Waals surface area contributed by atoms with E-state index >= 15 is 0 Å². The standard InChI is InChI=1S/C16H18N2O3/c1-11-5-4-6-12(2)14(11)10-17-13-7-8-16(21-3)15(9-13)18(19)20/h4-9,17H,10H2,1-3H3. The number of rotatable bonds is 5. The number of benzene rings is 2. The minimum absolute atomic E-state index is 0.0380. The van der Waals surface area contributed by atoms with Crippen molar-refractivity contribution in [3.8, 4) is 5.75 Å². The van der Waals surface area contributed by atoms with Gasteiger partial charge in [-0.3, -0.25) is 10.1 Å². The fourth-order valence-electron chi connectivity index (χ4n) is 2.26. The molecule has 5 nitrogen and oxygen atoms in total. The van der Waals surface area contributed by atoms with Crippen LogP contribution in [0.15, 0.2) is 36.4 Å². The van der Waals surface area contributed by atoms with Crippen molar-refractivity contribution < 1.29 is 9.66 Å². The van der Waals surface area contributed by atoms with Gasteiger partial charge >= 0.3 is 5.69 Å². The molecular weight excluding hydrogens is 268 g/mol. The van der Waals surface area contributed by atoms with Crippen molar-refractivity contribution in [3.05, 3.63) is 63.2 Å². The minimum Gasteiger partial charge on any atom is -0.490 e. The molecule has 0 saturated heterocycles. The number of hydrogen-bond donors (Lipinski definition) is 1. The normalized spacial score (nSPS) is 10.2. The zero-order valence-electron chi connectivity index (χ0n) is 12.3. The van der Waals surface area contributed by atoms with E-state index in [-0.39, 0.29) is 11.4 Å². The number of ether oxygens (including phenoxy) is 1. The highest BCUT2D eigenvalue weighted by atomic mass is 16.6. The molecule has 2 aromatic rings. The van der Waals surface area contributed by atoms with Crippen LogP contribution in [0, 0.1) is 24.0 Å². The molecule has 0 aliphatic rings. The molecule has 0 unspecified atom stereocenters. The molecule has 0 heterocycles. The third-order valence-electron chi connectivity index (χ3n) is 3.49. The first kappa shape index (κ1) is 14.8. The van der Waals surface area contributed by atoms with Crippen LogP contribution in [0.2, 0.25) is 0 Å². The molecule has 0 aliphatic carbocycles. The van der Waals surface area contributed by atoms with Gasteiger partial charge in [-0.2, -0.15) is 0 Å². The molecule has 0 radical (unpaired) electrons. The summed E-state index contributed by atoms with van der Waals surface area (Å²) in [7, 11) is 1.42. The van der Waals surface area contributed by atoms with Gasteiger partial charge in [-0.1, -0.05) is 18.2 Å². The minimum atomic E-state index is -0.441. The topological polar surface area (TPSA) is 64.4 Å². The van der Waals surface area contributed by atoms with Gasteiger partial charge in [-0.15, -0.1) is 0 Å². The van der Waals surface area contributed by atoms with Gasteiger partial charge < -0.3 is 10.1 Å². The molecule has 0 aliphatic heterocycles. The fourth-order valence-corrected chi connectivity index (χ4v) is 2.26. The van der Waals surface area contributed by atoms with Gasteiger partial charge in [0.1, 0.15) is 0 Å². The summed E-state index contributed by atoms with van der Waals surface area (Å²) in [6.45, 7) is 4.74. The number of nitrogens with zero attached hydrogens (tertiary/aromatic N) is 1. The Morgan fingerprint density at radius 3 is 2.43 bits per heavy atom. The number of nitro benzene ring substituents is 1. The second-order valence-corrected chi connectivity index (χ2v) is 4.87. The molecule has 2 rings (SSSR count). The molecule has 0 saturated carbocycles. The van der Waals surface area contributed by atoms with Crippen LogP contribution in [0.4, 0.5) is 11.4 Å². The maximum Gasteiger partial charge on any atom is 0.312 e. The summed E-state index contributed by atoms with van der Waals surface area (Å²) in [5.74, 6) is 0.262. The maximum atomic E-state index is 11.0. The van der Waals surface area contributed by atoms with Crippen LogP contribution in [0.3, 0.4) is 0 Å². The van der Waals surface area contributed by atoms with Crippen molar-refractivity contribution in [3.63, 3.8) is 0 Å². The Labute approximate surface area is 123 Å². The lowest BCUT2D eigenvalue weighted by atomic mass is 10.0. The third-order valence-corrected chi connectivity index (χ3v) is 3.49. The smallest absolute Gasteiger partial charge is 0.312 e. The molecule has 1 N–H and O–H groups in total. The average Bonchev–Trinajstić information content (AvgIpc) is 2.46. The SMILES string of the molecule is COc1ccc(NCc2c(C)cccc2C)cc1[N+](=O)[O-].